The number of hydrogen-bond acceptors (Lipinski definition) is 2. The molecule has 0 amide bonds. The van der Waals surface area contributed by atoms with Gasteiger partial charge in [0.05, 0.1) is 5.52 Å². The Hall–Kier alpha value is -1.71. The molecule has 0 spiro atoms. The summed E-state index contributed by atoms with van der Waals surface area (Å²) in [5.74, 6) is 0.749. The van der Waals surface area contributed by atoms with Crippen LogP contribution in [0.1, 0.15) is 11.3 Å². The highest BCUT2D eigenvalue weighted by atomic mass is 35.5. The molecule has 0 saturated carbocycles. The summed E-state index contributed by atoms with van der Waals surface area (Å²) in [6.45, 7) is 2.39. The smallest absolute Gasteiger partial charge is 0.207 e. The molecule has 0 radical (unpaired) electrons. The SMILES string of the molecule is Cc1ccn2c(Cl)nc(COc3ccc(Cl)cc3)c2c1. The Morgan fingerprint density at radius 3 is 2.65 bits per heavy atom. The van der Waals surface area contributed by atoms with Crippen LogP contribution in [0.5, 0.6) is 5.75 Å². The van der Waals surface area contributed by atoms with E-state index in [1.165, 1.54) is 0 Å². The zero-order chi connectivity index (χ0) is 14.1. The summed E-state index contributed by atoms with van der Waals surface area (Å²) < 4.78 is 7.56. The molecule has 0 unspecified atom stereocenters. The molecular weight excluding hydrogens is 295 g/mol. The van der Waals surface area contributed by atoms with Crippen molar-refractivity contribution in [2.75, 3.05) is 0 Å². The number of aromatic nitrogens is 2. The third-order valence-electron chi connectivity index (χ3n) is 3.02. The van der Waals surface area contributed by atoms with Crippen molar-refractivity contribution in [3.8, 4) is 5.75 Å². The van der Waals surface area contributed by atoms with E-state index in [0.29, 0.717) is 16.9 Å². The molecule has 102 valence electrons. The fraction of sp³-hybridized carbons (Fsp3) is 0.133. The van der Waals surface area contributed by atoms with Crippen LogP contribution in [0, 0.1) is 6.92 Å². The van der Waals surface area contributed by atoms with E-state index in [2.05, 4.69) is 4.98 Å². The van der Waals surface area contributed by atoms with E-state index in [-0.39, 0.29) is 0 Å². The van der Waals surface area contributed by atoms with Gasteiger partial charge in [0.15, 0.2) is 0 Å². The van der Waals surface area contributed by atoms with Gasteiger partial charge in [0.1, 0.15) is 18.1 Å². The van der Waals surface area contributed by atoms with Crippen molar-refractivity contribution in [2.45, 2.75) is 13.5 Å². The first-order valence-corrected chi connectivity index (χ1v) is 6.90. The van der Waals surface area contributed by atoms with Crippen LogP contribution < -0.4 is 4.74 Å². The second-order valence-electron chi connectivity index (χ2n) is 4.53. The molecule has 5 heteroatoms. The van der Waals surface area contributed by atoms with Crippen LogP contribution in [0.2, 0.25) is 10.3 Å². The van der Waals surface area contributed by atoms with Crippen LogP contribution in [0.15, 0.2) is 42.6 Å². The second kappa shape index (κ2) is 5.35. The monoisotopic (exact) mass is 306 g/mol. The Kier molecular flexibility index (Phi) is 3.55. The summed E-state index contributed by atoms with van der Waals surface area (Å²) in [6.07, 6.45) is 1.91. The molecule has 2 heterocycles. The molecule has 3 nitrogen and oxygen atoms in total. The first-order valence-electron chi connectivity index (χ1n) is 6.15. The number of benzene rings is 1. The van der Waals surface area contributed by atoms with Crippen LogP contribution in [-0.4, -0.2) is 9.38 Å². The Bertz CT molecular complexity index is 750. The van der Waals surface area contributed by atoms with Crippen molar-refractivity contribution in [1.29, 1.82) is 0 Å². The van der Waals surface area contributed by atoms with E-state index in [1.807, 2.05) is 41.8 Å². The zero-order valence-electron chi connectivity index (χ0n) is 10.8. The lowest BCUT2D eigenvalue weighted by Crippen LogP contribution is -1.96. The number of rotatable bonds is 3. The first kappa shape index (κ1) is 13.3. The molecule has 1 aromatic carbocycles. The maximum atomic E-state index is 6.11. The predicted octanol–water partition coefficient (Wildman–Crippen LogP) is 4.53. The van der Waals surface area contributed by atoms with Crippen molar-refractivity contribution in [1.82, 2.24) is 9.38 Å². The largest absolute Gasteiger partial charge is 0.487 e. The highest BCUT2D eigenvalue weighted by molar-refractivity contribution is 6.30. The highest BCUT2D eigenvalue weighted by Crippen LogP contribution is 2.21. The summed E-state index contributed by atoms with van der Waals surface area (Å²) >= 11 is 12.0. The minimum absolute atomic E-state index is 0.362. The van der Waals surface area contributed by atoms with Gasteiger partial charge in [0.2, 0.25) is 5.28 Å². The van der Waals surface area contributed by atoms with Crippen molar-refractivity contribution >= 4 is 28.7 Å². The van der Waals surface area contributed by atoms with Crippen molar-refractivity contribution in [2.24, 2.45) is 0 Å². The minimum Gasteiger partial charge on any atom is -0.487 e. The van der Waals surface area contributed by atoms with E-state index < -0.39 is 0 Å². The van der Waals surface area contributed by atoms with E-state index in [0.717, 1.165) is 22.5 Å². The van der Waals surface area contributed by atoms with Gasteiger partial charge < -0.3 is 4.74 Å². The molecule has 0 bridgehead atoms. The Morgan fingerprint density at radius 1 is 1.15 bits per heavy atom. The molecule has 0 fully saturated rings. The van der Waals surface area contributed by atoms with Crippen LogP contribution in [-0.2, 0) is 6.61 Å². The summed E-state index contributed by atoms with van der Waals surface area (Å²) in [6, 6.07) is 11.3. The molecule has 0 aliphatic carbocycles. The molecule has 2 aromatic heterocycles. The summed E-state index contributed by atoms with van der Waals surface area (Å²) in [5, 5.41) is 1.12. The average molecular weight is 307 g/mol. The van der Waals surface area contributed by atoms with Gasteiger partial charge in [-0.3, -0.25) is 4.40 Å². The van der Waals surface area contributed by atoms with E-state index in [1.54, 1.807) is 12.1 Å². The van der Waals surface area contributed by atoms with E-state index >= 15 is 0 Å². The van der Waals surface area contributed by atoms with E-state index in [4.69, 9.17) is 27.9 Å². The first-order chi connectivity index (χ1) is 9.63. The molecule has 0 saturated heterocycles. The van der Waals surface area contributed by atoms with E-state index in [9.17, 15) is 0 Å². The lowest BCUT2D eigenvalue weighted by Gasteiger charge is -2.05. The molecule has 3 aromatic rings. The van der Waals surface area contributed by atoms with Crippen molar-refractivity contribution < 1.29 is 4.74 Å². The molecule has 0 aliphatic heterocycles. The highest BCUT2D eigenvalue weighted by Gasteiger charge is 2.10. The van der Waals surface area contributed by atoms with Crippen molar-refractivity contribution in [3.05, 3.63) is 64.2 Å². The number of nitrogens with zero attached hydrogens (tertiary/aromatic N) is 2. The van der Waals surface area contributed by atoms with Gasteiger partial charge in [-0.2, -0.15) is 0 Å². The number of pyridine rings is 1. The lowest BCUT2D eigenvalue weighted by molar-refractivity contribution is 0.303. The van der Waals surface area contributed by atoms with Crippen LogP contribution in [0.3, 0.4) is 0 Å². The topological polar surface area (TPSA) is 26.5 Å². The van der Waals surface area contributed by atoms with Gasteiger partial charge in [-0.1, -0.05) is 11.6 Å². The Labute approximate surface area is 126 Å². The van der Waals surface area contributed by atoms with Crippen LogP contribution in [0.25, 0.3) is 5.52 Å². The molecule has 3 rings (SSSR count). The summed E-state index contributed by atoms with van der Waals surface area (Å²) in [4.78, 5) is 4.34. The standard InChI is InChI=1S/C15H12Cl2N2O/c1-10-6-7-19-14(8-10)13(18-15(19)17)9-20-12-4-2-11(16)3-5-12/h2-8H,9H2,1H3. The number of ether oxygens (including phenoxy) is 1. The van der Waals surface area contributed by atoms with Gasteiger partial charge in [-0.15, -0.1) is 0 Å². The number of hydrogen-bond donors (Lipinski definition) is 0. The summed E-state index contributed by atoms with van der Waals surface area (Å²) in [5.41, 5.74) is 2.93. The zero-order valence-corrected chi connectivity index (χ0v) is 12.3. The normalized spacial score (nSPS) is 10.9. The van der Waals surface area contributed by atoms with Gasteiger partial charge >= 0.3 is 0 Å². The Balaban J connectivity index is 1.87. The predicted molar refractivity (Wildman–Crippen MR) is 80.7 cm³/mol. The van der Waals surface area contributed by atoms with Crippen molar-refractivity contribution in [3.63, 3.8) is 0 Å². The quantitative estimate of drug-likeness (QED) is 0.711. The average Bonchev–Trinajstić information content (AvgIpc) is 2.74. The molecular formula is C15H12Cl2N2O. The number of aryl methyl sites for hydroxylation is 1. The third kappa shape index (κ3) is 2.60. The van der Waals surface area contributed by atoms with Gasteiger partial charge in [0.25, 0.3) is 0 Å². The minimum atomic E-state index is 0.362. The van der Waals surface area contributed by atoms with Gasteiger partial charge in [0, 0.05) is 11.2 Å². The van der Waals surface area contributed by atoms with Gasteiger partial charge in [-0.05, 0) is 60.5 Å². The van der Waals surface area contributed by atoms with Gasteiger partial charge in [-0.25, -0.2) is 4.98 Å². The maximum absolute atomic E-state index is 6.11. The van der Waals surface area contributed by atoms with Crippen LogP contribution in [0.4, 0.5) is 0 Å². The number of fused-ring (bicyclic) bond motifs is 1. The molecule has 0 N–H and O–H groups in total. The molecule has 0 aliphatic rings. The summed E-state index contributed by atoms with van der Waals surface area (Å²) in [7, 11) is 0. The molecule has 20 heavy (non-hydrogen) atoms. The Morgan fingerprint density at radius 2 is 1.90 bits per heavy atom. The maximum Gasteiger partial charge on any atom is 0.207 e. The third-order valence-corrected chi connectivity index (χ3v) is 3.54. The van der Waals surface area contributed by atoms with Crippen LogP contribution >= 0.6 is 23.2 Å². The fourth-order valence-electron chi connectivity index (χ4n) is 2.00. The lowest BCUT2D eigenvalue weighted by atomic mass is 10.2. The number of imidazole rings is 1. The number of halogens is 2. The molecule has 0 atom stereocenters. The second-order valence-corrected chi connectivity index (χ2v) is 5.30. The fourth-order valence-corrected chi connectivity index (χ4v) is 2.38.